The van der Waals surface area contributed by atoms with Crippen LogP contribution in [-0.2, 0) is 19.5 Å². The van der Waals surface area contributed by atoms with Crippen molar-refractivity contribution in [3.05, 3.63) is 88.6 Å². The monoisotopic (exact) mass is 420 g/mol. The van der Waals surface area contributed by atoms with E-state index in [4.69, 9.17) is 21.1 Å². The summed E-state index contributed by atoms with van der Waals surface area (Å²) in [5.74, 6) is 1.09. The Morgan fingerprint density at radius 1 is 1.03 bits per heavy atom. The zero-order valence-electron chi connectivity index (χ0n) is 16.1. The highest BCUT2D eigenvalue weighted by atomic mass is 35.5. The van der Waals surface area contributed by atoms with Gasteiger partial charge in [-0.3, -0.25) is 4.90 Å². The first kappa shape index (κ1) is 18.9. The molecular formula is C23H18ClFN4O. The molecule has 0 fully saturated rings. The van der Waals surface area contributed by atoms with Crippen LogP contribution in [0.15, 0.2) is 65.3 Å². The van der Waals surface area contributed by atoms with Gasteiger partial charge in [0.15, 0.2) is 11.6 Å². The lowest BCUT2D eigenvalue weighted by Gasteiger charge is -2.27. The first-order chi connectivity index (χ1) is 14.6. The van der Waals surface area contributed by atoms with Gasteiger partial charge in [-0.25, -0.2) is 14.4 Å². The summed E-state index contributed by atoms with van der Waals surface area (Å²) in [6.07, 6.45) is 2.76. The molecule has 5 nitrogen and oxygen atoms in total. The highest BCUT2D eigenvalue weighted by Gasteiger charge is 2.20. The van der Waals surface area contributed by atoms with Crippen molar-refractivity contribution in [1.29, 1.82) is 0 Å². The van der Waals surface area contributed by atoms with Crippen LogP contribution in [0.5, 0.6) is 0 Å². The van der Waals surface area contributed by atoms with Crippen LogP contribution in [0.2, 0.25) is 5.02 Å². The molecule has 0 bridgehead atoms. The van der Waals surface area contributed by atoms with Gasteiger partial charge in [-0.15, -0.1) is 0 Å². The summed E-state index contributed by atoms with van der Waals surface area (Å²) in [6.45, 7) is 2.31. The van der Waals surface area contributed by atoms with Gasteiger partial charge in [0.2, 0.25) is 0 Å². The predicted molar refractivity (Wildman–Crippen MR) is 112 cm³/mol. The SMILES string of the molecule is Fc1ccc(-c2cc(CN3CCc4nc(-c5ccc(Cl)cc5)ncc4C3)no2)cc1. The van der Waals surface area contributed by atoms with Gasteiger partial charge in [0.25, 0.3) is 0 Å². The Morgan fingerprint density at radius 2 is 1.80 bits per heavy atom. The van der Waals surface area contributed by atoms with Gasteiger partial charge in [-0.2, -0.15) is 0 Å². The number of nitrogens with zero attached hydrogens (tertiary/aromatic N) is 4. The third kappa shape index (κ3) is 3.97. The maximum atomic E-state index is 13.1. The molecule has 7 heteroatoms. The molecule has 0 N–H and O–H groups in total. The fourth-order valence-electron chi connectivity index (χ4n) is 3.61. The Labute approximate surface area is 178 Å². The van der Waals surface area contributed by atoms with Crippen LogP contribution < -0.4 is 0 Å². The number of hydrogen-bond donors (Lipinski definition) is 0. The van der Waals surface area contributed by atoms with Crippen LogP contribution in [0.3, 0.4) is 0 Å². The number of halogens is 2. The van der Waals surface area contributed by atoms with Crippen molar-refractivity contribution in [2.75, 3.05) is 6.54 Å². The van der Waals surface area contributed by atoms with Crippen molar-refractivity contribution in [1.82, 2.24) is 20.0 Å². The van der Waals surface area contributed by atoms with E-state index in [9.17, 15) is 4.39 Å². The second-order valence-electron chi connectivity index (χ2n) is 7.32. The van der Waals surface area contributed by atoms with E-state index < -0.39 is 0 Å². The Morgan fingerprint density at radius 3 is 2.60 bits per heavy atom. The smallest absolute Gasteiger partial charge is 0.167 e. The number of rotatable bonds is 4. The van der Waals surface area contributed by atoms with Gasteiger partial charge >= 0.3 is 0 Å². The third-order valence-corrected chi connectivity index (χ3v) is 5.44. The maximum Gasteiger partial charge on any atom is 0.167 e. The van der Waals surface area contributed by atoms with Crippen LogP contribution >= 0.6 is 11.6 Å². The van der Waals surface area contributed by atoms with Crippen LogP contribution in [0.1, 0.15) is 17.0 Å². The van der Waals surface area contributed by atoms with Crippen LogP contribution in [0, 0.1) is 5.82 Å². The van der Waals surface area contributed by atoms with Crippen LogP contribution in [-0.4, -0.2) is 26.6 Å². The summed E-state index contributed by atoms with van der Waals surface area (Å²) in [7, 11) is 0. The Balaban J connectivity index is 1.28. The third-order valence-electron chi connectivity index (χ3n) is 5.19. The summed E-state index contributed by atoms with van der Waals surface area (Å²) in [5.41, 5.74) is 4.82. The lowest BCUT2D eigenvalue weighted by molar-refractivity contribution is 0.235. The standard InChI is InChI=1S/C23H18ClFN4O/c24-18-5-1-16(2-6-18)23-26-12-17-13-29(10-9-21(17)27-23)14-20-11-22(30-28-20)15-3-7-19(25)8-4-15/h1-8,11-12H,9-10,13-14H2. The molecule has 2 aromatic carbocycles. The number of aromatic nitrogens is 3. The molecule has 30 heavy (non-hydrogen) atoms. The Kier molecular flexibility index (Phi) is 5.02. The Bertz CT molecular complexity index is 1170. The average Bonchev–Trinajstić information content (AvgIpc) is 3.23. The average molecular weight is 421 g/mol. The zero-order valence-corrected chi connectivity index (χ0v) is 16.8. The van der Waals surface area contributed by atoms with Gasteiger partial charge in [0.05, 0.1) is 11.4 Å². The zero-order chi connectivity index (χ0) is 20.5. The van der Waals surface area contributed by atoms with Gasteiger partial charge in [0.1, 0.15) is 5.82 Å². The van der Waals surface area contributed by atoms with E-state index in [2.05, 4.69) is 15.0 Å². The van der Waals surface area contributed by atoms with Crippen molar-refractivity contribution in [2.45, 2.75) is 19.5 Å². The summed E-state index contributed by atoms with van der Waals surface area (Å²) < 4.78 is 18.5. The van der Waals surface area contributed by atoms with E-state index in [0.29, 0.717) is 17.3 Å². The van der Waals surface area contributed by atoms with E-state index in [1.54, 1.807) is 12.1 Å². The summed E-state index contributed by atoms with van der Waals surface area (Å²) in [5, 5.41) is 4.87. The largest absolute Gasteiger partial charge is 0.356 e. The quantitative estimate of drug-likeness (QED) is 0.457. The van der Waals surface area contributed by atoms with Crippen LogP contribution in [0.4, 0.5) is 4.39 Å². The van der Waals surface area contributed by atoms with E-state index >= 15 is 0 Å². The number of hydrogen-bond acceptors (Lipinski definition) is 5. The van der Waals surface area contributed by atoms with E-state index in [0.717, 1.165) is 53.4 Å². The molecule has 1 aliphatic heterocycles. The molecular weight excluding hydrogens is 403 g/mol. The van der Waals surface area contributed by atoms with Crippen molar-refractivity contribution < 1.29 is 8.91 Å². The number of fused-ring (bicyclic) bond motifs is 1. The van der Waals surface area contributed by atoms with Crippen molar-refractivity contribution in [3.8, 4) is 22.7 Å². The number of benzene rings is 2. The van der Waals surface area contributed by atoms with Crippen molar-refractivity contribution in [3.63, 3.8) is 0 Å². The molecule has 5 rings (SSSR count). The minimum atomic E-state index is -0.271. The van der Waals surface area contributed by atoms with E-state index in [1.807, 2.05) is 36.5 Å². The fourth-order valence-corrected chi connectivity index (χ4v) is 3.74. The minimum absolute atomic E-state index is 0.271. The topological polar surface area (TPSA) is 55.1 Å². The lowest BCUT2D eigenvalue weighted by atomic mass is 10.1. The molecule has 0 aliphatic carbocycles. The summed E-state index contributed by atoms with van der Waals surface area (Å²) in [6, 6.07) is 15.7. The first-order valence-corrected chi connectivity index (χ1v) is 10.1. The van der Waals surface area contributed by atoms with E-state index in [1.165, 1.54) is 12.1 Å². The fraction of sp³-hybridized carbons (Fsp3) is 0.174. The second kappa shape index (κ2) is 7.97. The predicted octanol–water partition coefficient (Wildman–Crippen LogP) is 5.15. The molecule has 0 spiro atoms. The molecule has 4 aromatic rings. The molecule has 3 heterocycles. The molecule has 1 aliphatic rings. The maximum absolute atomic E-state index is 13.1. The molecule has 0 saturated heterocycles. The van der Waals surface area contributed by atoms with Gasteiger partial charge in [-0.1, -0.05) is 16.8 Å². The Hall–Kier alpha value is -3.09. The van der Waals surface area contributed by atoms with Gasteiger partial charge in [0, 0.05) is 60.0 Å². The summed E-state index contributed by atoms with van der Waals surface area (Å²) in [4.78, 5) is 11.6. The summed E-state index contributed by atoms with van der Waals surface area (Å²) >= 11 is 5.97. The molecule has 150 valence electrons. The molecule has 0 amide bonds. The first-order valence-electron chi connectivity index (χ1n) is 9.69. The van der Waals surface area contributed by atoms with Crippen molar-refractivity contribution in [2.24, 2.45) is 0 Å². The molecule has 0 radical (unpaired) electrons. The molecule has 2 aromatic heterocycles. The van der Waals surface area contributed by atoms with Crippen molar-refractivity contribution >= 4 is 11.6 Å². The van der Waals surface area contributed by atoms with Gasteiger partial charge in [-0.05, 0) is 48.5 Å². The molecule has 0 atom stereocenters. The van der Waals surface area contributed by atoms with E-state index in [-0.39, 0.29) is 5.82 Å². The highest BCUT2D eigenvalue weighted by molar-refractivity contribution is 6.30. The normalized spacial score (nSPS) is 13.9. The highest BCUT2D eigenvalue weighted by Crippen LogP contribution is 2.25. The second-order valence-corrected chi connectivity index (χ2v) is 7.76. The lowest BCUT2D eigenvalue weighted by Crippen LogP contribution is -2.31. The molecule has 0 saturated carbocycles. The molecule has 0 unspecified atom stereocenters. The van der Waals surface area contributed by atoms with Crippen LogP contribution in [0.25, 0.3) is 22.7 Å². The van der Waals surface area contributed by atoms with Gasteiger partial charge < -0.3 is 4.52 Å². The minimum Gasteiger partial charge on any atom is -0.356 e.